The van der Waals surface area contributed by atoms with E-state index in [0.717, 1.165) is 35.4 Å². The van der Waals surface area contributed by atoms with Crippen LogP contribution in [0.2, 0.25) is 5.02 Å². The van der Waals surface area contributed by atoms with Gasteiger partial charge in [0.25, 0.3) is 5.91 Å². The highest BCUT2D eigenvalue weighted by atomic mass is 35.5. The highest BCUT2D eigenvalue weighted by Crippen LogP contribution is 2.33. The van der Waals surface area contributed by atoms with Crippen LogP contribution in [-0.4, -0.2) is 38.0 Å². The van der Waals surface area contributed by atoms with Gasteiger partial charge in [-0.15, -0.1) is 23.7 Å². The highest BCUT2D eigenvalue weighted by molar-refractivity contribution is 7.12. The number of nitrogens with zero attached hydrogens (tertiary/aromatic N) is 1. The van der Waals surface area contributed by atoms with Gasteiger partial charge in [-0.05, 0) is 62.6 Å². The molecule has 1 N–H and O–H groups in total. The van der Waals surface area contributed by atoms with Crippen molar-refractivity contribution in [2.75, 3.05) is 27.2 Å². The van der Waals surface area contributed by atoms with E-state index in [4.69, 9.17) is 11.6 Å². The molecule has 0 saturated carbocycles. The summed E-state index contributed by atoms with van der Waals surface area (Å²) in [6.07, 6.45) is 2.03. The van der Waals surface area contributed by atoms with Gasteiger partial charge in [-0.1, -0.05) is 30.3 Å². The summed E-state index contributed by atoms with van der Waals surface area (Å²) in [7, 11) is 4.10. The Balaban J connectivity index is 0.00000312. The van der Waals surface area contributed by atoms with E-state index in [2.05, 4.69) is 30.9 Å². The predicted molar refractivity (Wildman–Crippen MR) is 112 cm³/mol. The van der Waals surface area contributed by atoms with Gasteiger partial charge in [-0.3, -0.25) is 4.79 Å². The second-order valence-electron chi connectivity index (χ2n) is 5.92. The average molecular weight is 399 g/mol. The van der Waals surface area contributed by atoms with Crippen LogP contribution in [0.25, 0.3) is 16.7 Å². The molecule has 0 fully saturated rings. The summed E-state index contributed by atoms with van der Waals surface area (Å²) >= 11 is 7.48. The average Bonchev–Trinajstić information content (AvgIpc) is 3.03. The third-order valence-electron chi connectivity index (χ3n) is 3.69. The van der Waals surface area contributed by atoms with Crippen molar-refractivity contribution in [3.8, 4) is 11.1 Å². The first-order valence-corrected chi connectivity index (χ1v) is 9.20. The number of carbonyl (C=O) groups is 1. The number of unbranched alkanes of at least 4 members (excludes halogenated alkanes) is 1. The first kappa shape index (κ1) is 21.7. The first-order valence-electron chi connectivity index (χ1n) is 7.94. The van der Waals surface area contributed by atoms with E-state index in [-0.39, 0.29) is 18.3 Å². The summed E-state index contributed by atoms with van der Waals surface area (Å²) in [6.45, 7) is 5.70. The molecule has 2 aromatic rings. The Hall–Kier alpha value is -1.33. The van der Waals surface area contributed by atoms with Crippen molar-refractivity contribution in [2.24, 2.45) is 0 Å². The van der Waals surface area contributed by atoms with Crippen molar-refractivity contribution < 1.29 is 4.79 Å². The number of carbonyl (C=O) groups excluding carboxylic acids is 1. The van der Waals surface area contributed by atoms with Crippen molar-refractivity contribution in [3.63, 3.8) is 0 Å². The van der Waals surface area contributed by atoms with Gasteiger partial charge >= 0.3 is 0 Å². The molecule has 0 aliphatic heterocycles. The third kappa shape index (κ3) is 6.48. The van der Waals surface area contributed by atoms with Gasteiger partial charge in [-0.25, -0.2) is 0 Å². The third-order valence-corrected chi connectivity index (χ3v) is 4.91. The van der Waals surface area contributed by atoms with Crippen LogP contribution in [0.1, 0.15) is 17.7 Å². The lowest BCUT2D eigenvalue weighted by molar-refractivity contribution is -0.115. The minimum absolute atomic E-state index is 0. The summed E-state index contributed by atoms with van der Waals surface area (Å²) in [5, 5.41) is 5.64. The van der Waals surface area contributed by atoms with Crippen LogP contribution in [-0.2, 0) is 4.79 Å². The van der Waals surface area contributed by atoms with E-state index in [1.54, 1.807) is 0 Å². The summed E-state index contributed by atoms with van der Waals surface area (Å²) < 4.78 is 0. The van der Waals surface area contributed by atoms with Crippen LogP contribution >= 0.6 is 35.3 Å². The first-order chi connectivity index (χ1) is 11.5. The Morgan fingerprint density at radius 3 is 2.52 bits per heavy atom. The molecule has 0 bridgehead atoms. The molecule has 25 heavy (non-hydrogen) atoms. The minimum Gasteiger partial charge on any atom is -0.352 e. The molecule has 6 heteroatoms. The Morgan fingerprint density at radius 1 is 1.20 bits per heavy atom. The molecule has 0 unspecified atom stereocenters. The van der Waals surface area contributed by atoms with E-state index in [0.29, 0.717) is 17.1 Å². The molecule has 0 atom stereocenters. The van der Waals surface area contributed by atoms with E-state index in [9.17, 15) is 4.79 Å². The number of amides is 1. The van der Waals surface area contributed by atoms with E-state index in [1.165, 1.54) is 11.3 Å². The van der Waals surface area contributed by atoms with Crippen LogP contribution in [0.4, 0.5) is 0 Å². The van der Waals surface area contributed by atoms with Crippen LogP contribution in [0.15, 0.2) is 42.3 Å². The molecule has 1 aromatic heterocycles. The number of benzene rings is 1. The number of rotatable bonds is 8. The Morgan fingerprint density at radius 2 is 1.88 bits per heavy atom. The second-order valence-corrected chi connectivity index (χ2v) is 7.27. The summed E-state index contributed by atoms with van der Waals surface area (Å²) in [5.41, 5.74) is 2.57. The molecule has 1 aromatic carbocycles. The smallest absolute Gasteiger partial charge is 0.252 e. The fourth-order valence-electron chi connectivity index (χ4n) is 2.36. The lowest BCUT2D eigenvalue weighted by Crippen LogP contribution is -2.25. The molecule has 1 heterocycles. The topological polar surface area (TPSA) is 32.3 Å². The predicted octanol–water partition coefficient (Wildman–Crippen LogP) is 4.96. The molecule has 0 saturated heterocycles. The van der Waals surface area contributed by atoms with E-state index >= 15 is 0 Å². The van der Waals surface area contributed by atoms with Crippen molar-refractivity contribution in [2.45, 2.75) is 12.8 Å². The van der Waals surface area contributed by atoms with Gasteiger partial charge in [-0.2, -0.15) is 0 Å². The molecule has 0 spiro atoms. The number of halogens is 2. The normalized spacial score (nSPS) is 10.4. The van der Waals surface area contributed by atoms with Gasteiger partial charge in [0.15, 0.2) is 0 Å². The molecular formula is C19H24Cl2N2OS. The quantitative estimate of drug-likeness (QED) is 0.503. The SMILES string of the molecule is C=C(C(=O)NCCCCN(C)C)c1sccc1-c1ccc(Cl)cc1.Cl. The van der Waals surface area contributed by atoms with Crippen LogP contribution < -0.4 is 5.32 Å². The van der Waals surface area contributed by atoms with Crippen LogP contribution in [0.3, 0.4) is 0 Å². The van der Waals surface area contributed by atoms with Crippen molar-refractivity contribution >= 4 is 46.8 Å². The Kier molecular flexibility index (Phi) is 9.22. The molecular weight excluding hydrogens is 375 g/mol. The Bertz CT molecular complexity index is 696. The van der Waals surface area contributed by atoms with Gasteiger partial charge in [0.05, 0.1) is 0 Å². The monoisotopic (exact) mass is 398 g/mol. The zero-order valence-electron chi connectivity index (χ0n) is 14.5. The van der Waals surface area contributed by atoms with E-state index < -0.39 is 0 Å². The number of hydrogen-bond acceptors (Lipinski definition) is 3. The largest absolute Gasteiger partial charge is 0.352 e. The highest BCUT2D eigenvalue weighted by Gasteiger charge is 2.15. The Labute approximate surface area is 165 Å². The maximum atomic E-state index is 12.3. The zero-order chi connectivity index (χ0) is 17.5. The van der Waals surface area contributed by atoms with Gasteiger partial charge < -0.3 is 10.2 Å². The van der Waals surface area contributed by atoms with Crippen LogP contribution in [0, 0.1) is 0 Å². The lowest BCUT2D eigenvalue weighted by atomic mass is 10.0. The maximum absolute atomic E-state index is 12.3. The number of nitrogens with one attached hydrogen (secondary N) is 1. The fourth-order valence-corrected chi connectivity index (χ4v) is 3.38. The lowest BCUT2D eigenvalue weighted by Gasteiger charge is -2.11. The van der Waals surface area contributed by atoms with Crippen molar-refractivity contribution in [1.82, 2.24) is 10.2 Å². The van der Waals surface area contributed by atoms with Gasteiger partial charge in [0, 0.05) is 27.6 Å². The molecule has 0 aliphatic carbocycles. The number of hydrogen-bond donors (Lipinski definition) is 1. The molecule has 2 rings (SSSR count). The summed E-state index contributed by atoms with van der Waals surface area (Å²) in [6, 6.07) is 9.64. The summed E-state index contributed by atoms with van der Waals surface area (Å²) in [4.78, 5) is 15.4. The minimum atomic E-state index is -0.0995. The van der Waals surface area contributed by atoms with E-state index in [1.807, 2.05) is 35.7 Å². The molecule has 3 nitrogen and oxygen atoms in total. The number of thiophene rings is 1. The van der Waals surface area contributed by atoms with Gasteiger partial charge in [0.1, 0.15) is 0 Å². The second kappa shape index (κ2) is 10.6. The van der Waals surface area contributed by atoms with Crippen molar-refractivity contribution in [1.29, 1.82) is 0 Å². The zero-order valence-corrected chi connectivity index (χ0v) is 16.9. The molecule has 136 valence electrons. The molecule has 0 aliphatic rings. The standard InChI is InChI=1S/C19H23ClN2OS.ClH/c1-14(19(23)21-11-4-5-12-22(2)3)18-17(10-13-24-18)15-6-8-16(20)9-7-15;/h6-10,13H,1,4-5,11-12H2,2-3H3,(H,21,23);1H. The van der Waals surface area contributed by atoms with Gasteiger partial charge in [0.2, 0.25) is 0 Å². The van der Waals surface area contributed by atoms with Crippen LogP contribution in [0.5, 0.6) is 0 Å². The molecule has 0 radical (unpaired) electrons. The maximum Gasteiger partial charge on any atom is 0.252 e. The fraction of sp³-hybridized carbons (Fsp3) is 0.316. The summed E-state index contributed by atoms with van der Waals surface area (Å²) in [5.74, 6) is -0.0995. The van der Waals surface area contributed by atoms with Crippen molar-refractivity contribution in [3.05, 3.63) is 52.2 Å². The molecule has 1 amide bonds.